The molecular weight excluding hydrogens is 284 g/mol. The summed E-state index contributed by atoms with van der Waals surface area (Å²) in [6.07, 6.45) is 0. The van der Waals surface area contributed by atoms with Crippen molar-refractivity contribution in [3.8, 4) is 0 Å². The fourth-order valence-electron chi connectivity index (χ4n) is 2.89. The van der Waals surface area contributed by atoms with Crippen molar-refractivity contribution in [2.75, 3.05) is 24.5 Å². The minimum atomic E-state index is 0.477. The zero-order valence-corrected chi connectivity index (χ0v) is 13.9. The second-order valence-corrected chi connectivity index (χ2v) is 6.69. The zero-order chi connectivity index (χ0) is 15.0. The molecule has 114 valence electrons. The van der Waals surface area contributed by atoms with Gasteiger partial charge in [0.1, 0.15) is 5.76 Å². The van der Waals surface area contributed by atoms with Crippen LogP contribution < -0.4 is 4.90 Å². The lowest BCUT2D eigenvalue weighted by Crippen LogP contribution is -2.51. The Labute approximate surface area is 129 Å². The van der Waals surface area contributed by atoms with Gasteiger partial charge in [-0.1, -0.05) is 5.16 Å². The predicted molar refractivity (Wildman–Crippen MR) is 84.9 cm³/mol. The average Bonchev–Trinajstić information content (AvgIpc) is 3.00. The second kappa shape index (κ2) is 5.77. The van der Waals surface area contributed by atoms with Crippen molar-refractivity contribution in [3.05, 3.63) is 28.1 Å². The van der Waals surface area contributed by atoms with Crippen LogP contribution in [0.1, 0.15) is 29.6 Å². The van der Waals surface area contributed by atoms with Crippen molar-refractivity contribution in [3.63, 3.8) is 0 Å². The van der Waals surface area contributed by atoms with E-state index in [-0.39, 0.29) is 0 Å². The number of hydrogen-bond acceptors (Lipinski definition) is 6. The molecule has 1 aliphatic rings. The molecule has 2 aromatic rings. The largest absolute Gasteiger partial charge is 0.361 e. The molecule has 3 heterocycles. The molecule has 0 radical (unpaired) electrons. The normalized spacial score (nSPS) is 20.2. The highest BCUT2D eigenvalue weighted by Crippen LogP contribution is 2.25. The Morgan fingerprint density at radius 3 is 2.71 bits per heavy atom. The molecule has 0 amide bonds. The number of anilines is 1. The number of nitrogens with zero attached hydrogens (tertiary/aromatic N) is 4. The Kier molecular flexibility index (Phi) is 3.99. The van der Waals surface area contributed by atoms with E-state index in [0.717, 1.165) is 48.5 Å². The summed E-state index contributed by atoms with van der Waals surface area (Å²) in [5, 5.41) is 7.32. The van der Waals surface area contributed by atoms with E-state index in [0.29, 0.717) is 6.04 Å². The van der Waals surface area contributed by atoms with Gasteiger partial charge in [0.25, 0.3) is 0 Å². The van der Waals surface area contributed by atoms with Gasteiger partial charge in [-0.15, -0.1) is 11.3 Å². The van der Waals surface area contributed by atoms with Gasteiger partial charge >= 0.3 is 0 Å². The fourth-order valence-corrected chi connectivity index (χ4v) is 3.82. The van der Waals surface area contributed by atoms with Crippen LogP contribution >= 0.6 is 11.3 Å². The van der Waals surface area contributed by atoms with E-state index in [1.54, 1.807) is 11.3 Å². The van der Waals surface area contributed by atoms with Crippen LogP contribution in [0.25, 0.3) is 0 Å². The summed E-state index contributed by atoms with van der Waals surface area (Å²) in [6.45, 7) is 12.4. The maximum Gasteiger partial charge on any atom is 0.185 e. The third-order valence-electron chi connectivity index (χ3n) is 4.13. The van der Waals surface area contributed by atoms with Crippen LogP contribution in [0.3, 0.4) is 0 Å². The maximum absolute atomic E-state index is 5.26. The van der Waals surface area contributed by atoms with E-state index in [1.165, 1.54) is 5.56 Å². The summed E-state index contributed by atoms with van der Waals surface area (Å²) in [4.78, 5) is 9.51. The number of thiazole rings is 1. The molecule has 21 heavy (non-hydrogen) atoms. The molecule has 1 unspecified atom stereocenters. The molecule has 1 saturated heterocycles. The van der Waals surface area contributed by atoms with Crippen LogP contribution in [-0.2, 0) is 6.54 Å². The van der Waals surface area contributed by atoms with Crippen LogP contribution in [0, 0.1) is 20.8 Å². The van der Waals surface area contributed by atoms with Gasteiger partial charge in [-0.2, -0.15) is 0 Å². The molecule has 1 fully saturated rings. The number of piperazine rings is 1. The van der Waals surface area contributed by atoms with Gasteiger partial charge < -0.3 is 9.42 Å². The Morgan fingerprint density at radius 1 is 1.33 bits per heavy atom. The molecule has 2 aromatic heterocycles. The minimum absolute atomic E-state index is 0.477. The van der Waals surface area contributed by atoms with E-state index in [1.807, 2.05) is 13.8 Å². The lowest BCUT2D eigenvalue weighted by atomic mass is 10.1. The lowest BCUT2D eigenvalue weighted by molar-refractivity contribution is 0.219. The summed E-state index contributed by atoms with van der Waals surface area (Å²) in [7, 11) is 0. The molecule has 5 nitrogen and oxygen atoms in total. The molecule has 0 aliphatic carbocycles. The van der Waals surface area contributed by atoms with Crippen LogP contribution in [0.15, 0.2) is 9.90 Å². The standard InChI is InChI=1S/C15H22N4OS/c1-10-9-21-15(16-10)19-6-5-18(7-11(19)2)8-14-12(3)17-20-13(14)4/h9,11H,5-8H2,1-4H3. The molecule has 6 heteroatoms. The van der Waals surface area contributed by atoms with E-state index < -0.39 is 0 Å². The minimum Gasteiger partial charge on any atom is -0.361 e. The SMILES string of the molecule is Cc1csc(N2CCN(Cc3c(C)noc3C)CC2C)n1. The first-order valence-electron chi connectivity index (χ1n) is 7.37. The highest BCUT2D eigenvalue weighted by molar-refractivity contribution is 7.13. The summed E-state index contributed by atoms with van der Waals surface area (Å²) in [6, 6.07) is 0.477. The van der Waals surface area contributed by atoms with Crippen molar-refractivity contribution < 1.29 is 4.52 Å². The maximum atomic E-state index is 5.26. The van der Waals surface area contributed by atoms with Gasteiger partial charge in [0.15, 0.2) is 5.13 Å². The topological polar surface area (TPSA) is 45.4 Å². The quantitative estimate of drug-likeness (QED) is 0.872. The molecule has 1 aliphatic heterocycles. The molecule has 1 atom stereocenters. The van der Waals surface area contributed by atoms with Gasteiger partial charge in [0.05, 0.1) is 11.4 Å². The van der Waals surface area contributed by atoms with Crippen molar-refractivity contribution >= 4 is 16.5 Å². The Bertz CT molecular complexity index is 601. The molecule has 0 saturated carbocycles. The van der Waals surface area contributed by atoms with Crippen molar-refractivity contribution in [1.29, 1.82) is 0 Å². The summed E-state index contributed by atoms with van der Waals surface area (Å²) in [5.74, 6) is 0.943. The van der Waals surface area contributed by atoms with Crippen LogP contribution in [0.5, 0.6) is 0 Å². The lowest BCUT2D eigenvalue weighted by Gasteiger charge is -2.39. The van der Waals surface area contributed by atoms with Gasteiger partial charge in [0.2, 0.25) is 0 Å². The summed E-state index contributed by atoms with van der Waals surface area (Å²) >= 11 is 1.74. The van der Waals surface area contributed by atoms with E-state index >= 15 is 0 Å². The van der Waals surface area contributed by atoms with Crippen molar-refractivity contribution in [2.24, 2.45) is 0 Å². The second-order valence-electron chi connectivity index (χ2n) is 5.85. The third kappa shape index (κ3) is 2.96. The Morgan fingerprint density at radius 2 is 2.14 bits per heavy atom. The first-order chi connectivity index (χ1) is 10.0. The molecule has 0 N–H and O–H groups in total. The number of aromatic nitrogens is 2. The number of hydrogen-bond donors (Lipinski definition) is 0. The summed E-state index contributed by atoms with van der Waals surface area (Å²) in [5.41, 5.74) is 3.36. The van der Waals surface area contributed by atoms with Crippen molar-refractivity contribution in [2.45, 2.75) is 40.3 Å². The van der Waals surface area contributed by atoms with Crippen molar-refractivity contribution in [1.82, 2.24) is 15.0 Å². The monoisotopic (exact) mass is 306 g/mol. The number of rotatable bonds is 3. The first kappa shape index (κ1) is 14.5. The van der Waals surface area contributed by atoms with Gasteiger partial charge in [-0.05, 0) is 27.7 Å². The van der Waals surface area contributed by atoms with Gasteiger partial charge in [-0.25, -0.2) is 4.98 Å². The predicted octanol–water partition coefficient (Wildman–Crippen LogP) is 2.77. The van der Waals surface area contributed by atoms with Gasteiger partial charge in [0, 0.05) is 43.2 Å². The number of aryl methyl sites for hydroxylation is 3. The zero-order valence-electron chi connectivity index (χ0n) is 13.1. The highest BCUT2D eigenvalue weighted by Gasteiger charge is 2.26. The molecule has 0 spiro atoms. The highest BCUT2D eigenvalue weighted by atomic mass is 32.1. The fraction of sp³-hybridized carbons (Fsp3) is 0.600. The van der Waals surface area contributed by atoms with E-state index in [9.17, 15) is 0 Å². The molecule has 3 rings (SSSR count). The molecular formula is C15H22N4OS. The Balaban J connectivity index is 1.66. The van der Waals surface area contributed by atoms with Crippen LogP contribution in [0.4, 0.5) is 5.13 Å². The van der Waals surface area contributed by atoms with Crippen LogP contribution in [-0.4, -0.2) is 40.7 Å². The van der Waals surface area contributed by atoms with Crippen LogP contribution in [0.2, 0.25) is 0 Å². The van der Waals surface area contributed by atoms with E-state index in [4.69, 9.17) is 4.52 Å². The van der Waals surface area contributed by atoms with Gasteiger partial charge in [-0.3, -0.25) is 4.90 Å². The average molecular weight is 306 g/mol. The first-order valence-corrected chi connectivity index (χ1v) is 8.25. The van der Waals surface area contributed by atoms with E-state index in [2.05, 4.69) is 39.2 Å². The Hall–Kier alpha value is -1.40. The smallest absolute Gasteiger partial charge is 0.185 e. The summed E-state index contributed by atoms with van der Waals surface area (Å²) < 4.78 is 5.26. The molecule has 0 bridgehead atoms. The third-order valence-corrected chi connectivity index (χ3v) is 5.12. The molecule has 0 aromatic carbocycles.